The molecular weight excluding hydrogens is 227 g/mol. The molecule has 4 nitrogen and oxygen atoms in total. The quantitative estimate of drug-likeness (QED) is 0.871. The summed E-state index contributed by atoms with van der Waals surface area (Å²) in [6.45, 7) is 0.852. The first-order valence-electron chi connectivity index (χ1n) is 4.23. The van der Waals surface area contributed by atoms with Gasteiger partial charge in [-0.3, -0.25) is 0 Å². The number of aromatic carboxylic acids is 1. The molecule has 1 aromatic heterocycles. The van der Waals surface area contributed by atoms with Crippen LogP contribution in [0.25, 0.3) is 0 Å². The summed E-state index contributed by atoms with van der Waals surface area (Å²) in [7, 11) is 0. The Morgan fingerprint density at radius 1 is 1.50 bits per heavy atom. The fourth-order valence-corrected chi connectivity index (χ4v) is 0.847. The third-order valence-corrected chi connectivity index (χ3v) is 1.73. The fraction of sp³-hybridized carbons (Fsp3) is 0.333. The number of alkyl halides is 3. The Balaban J connectivity index is 2.73. The molecule has 0 saturated heterocycles. The average molecular weight is 235 g/mol. The zero-order chi connectivity index (χ0) is 12.3. The maximum absolute atomic E-state index is 12.1. The summed E-state index contributed by atoms with van der Waals surface area (Å²) in [6, 6.07) is 2.19. The van der Waals surface area contributed by atoms with E-state index in [2.05, 4.69) is 9.72 Å². The number of nitrogens with zero attached hydrogens (tertiary/aromatic N) is 1. The molecule has 0 aliphatic carbocycles. The van der Waals surface area contributed by atoms with Crippen LogP contribution in [0.15, 0.2) is 18.3 Å². The van der Waals surface area contributed by atoms with E-state index in [-0.39, 0.29) is 11.4 Å². The van der Waals surface area contributed by atoms with Gasteiger partial charge in [-0.15, -0.1) is 0 Å². The Kier molecular flexibility index (Phi) is 3.36. The van der Waals surface area contributed by atoms with Crippen molar-refractivity contribution in [3.8, 4) is 5.75 Å². The third kappa shape index (κ3) is 3.11. The number of pyridine rings is 1. The summed E-state index contributed by atoms with van der Waals surface area (Å²) in [4.78, 5) is 13.8. The molecule has 7 heteroatoms. The van der Waals surface area contributed by atoms with Gasteiger partial charge in [0.25, 0.3) is 0 Å². The molecule has 0 radical (unpaired) electrons. The summed E-state index contributed by atoms with van der Waals surface area (Å²) in [6.07, 6.45) is -5.50. The van der Waals surface area contributed by atoms with Crippen LogP contribution in [-0.2, 0) is 0 Å². The second kappa shape index (κ2) is 4.38. The van der Waals surface area contributed by atoms with Crippen molar-refractivity contribution in [2.45, 2.75) is 19.2 Å². The SMILES string of the molecule is CC(Oc1ccc(C(=O)O)nc1)C(F)(F)F. The summed E-state index contributed by atoms with van der Waals surface area (Å²) in [5.74, 6) is -1.38. The normalized spacial score (nSPS) is 13.2. The van der Waals surface area contributed by atoms with Crippen LogP contribution in [0.5, 0.6) is 5.75 Å². The molecule has 0 aromatic carbocycles. The molecule has 0 saturated carbocycles. The minimum Gasteiger partial charge on any atom is -0.480 e. The van der Waals surface area contributed by atoms with Crippen molar-refractivity contribution in [2.24, 2.45) is 0 Å². The van der Waals surface area contributed by atoms with Crippen LogP contribution in [0.2, 0.25) is 0 Å². The molecule has 0 amide bonds. The largest absolute Gasteiger partial charge is 0.480 e. The van der Waals surface area contributed by atoms with Crippen LogP contribution in [0.1, 0.15) is 17.4 Å². The molecular formula is C9H8F3NO3. The molecule has 0 aliphatic rings. The van der Waals surface area contributed by atoms with Crippen molar-refractivity contribution in [3.63, 3.8) is 0 Å². The van der Waals surface area contributed by atoms with Crippen LogP contribution >= 0.6 is 0 Å². The van der Waals surface area contributed by atoms with Gasteiger partial charge < -0.3 is 9.84 Å². The van der Waals surface area contributed by atoms with E-state index in [1.807, 2.05) is 0 Å². The number of hydrogen-bond donors (Lipinski definition) is 1. The number of hydrogen-bond acceptors (Lipinski definition) is 3. The molecule has 88 valence electrons. The van der Waals surface area contributed by atoms with Gasteiger partial charge in [-0.05, 0) is 19.1 Å². The van der Waals surface area contributed by atoms with Gasteiger partial charge in [-0.1, -0.05) is 0 Å². The lowest BCUT2D eigenvalue weighted by molar-refractivity contribution is -0.189. The van der Waals surface area contributed by atoms with Gasteiger partial charge in [-0.25, -0.2) is 9.78 Å². The highest BCUT2D eigenvalue weighted by Crippen LogP contribution is 2.24. The van der Waals surface area contributed by atoms with E-state index in [1.54, 1.807) is 0 Å². The van der Waals surface area contributed by atoms with Gasteiger partial charge in [0.05, 0.1) is 6.20 Å². The van der Waals surface area contributed by atoms with E-state index in [9.17, 15) is 18.0 Å². The van der Waals surface area contributed by atoms with E-state index in [1.165, 1.54) is 0 Å². The average Bonchev–Trinajstić information content (AvgIpc) is 2.17. The standard InChI is InChI=1S/C9H8F3NO3/c1-5(9(10,11)12)16-6-2-3-7(8(14)15)13-4-6/h2-5H,1H3,(H,14,15). The Morgan fingerprint density at radius 3 is 2.50 bits per heavy atom. The summed E-state index contributed by atoms with van der Waals surface area (Å²) in [5.41, 5.74) is -0.257. The van der Waals surface area contributed by atoms with Gasteiger partial charge >= 0.3 is 12.1 Å². The topological polar surface area (TPSA) is 59.4 Å². The molecule has 1 rings (SSSR count). The van der Waals surface area contributed by atoms with E-state index >= 15 is 0 Å². The Bertz CT molecular complexity index is 375. The van der Waals surface area contributed by atoms with Gasteiger partial charge in [0, 0.05) is 0 Å². The third-order valence-electron chi connectivity index (χ3n) is 1.73. The van der Waals surface area contributed by atoms with Crippen molar-refractivity contribution in [2.75, 3.05) is 0 Å². The van der Waals surface area contributed by atoms with E-state index in [0.29, 0.717) is 0 Å². The maximum atomic E-state index is 12.1. The predicted molar refractivity (Wildman–Crippen MR) is 47.3 cm³/mol. The van der Waals surface area contributed by atoms with Crippen molar-refractivity contribution in [1.82, 2.24) is 4.98 Å². The lowest BCUT2D eigenvalue weighted by atomic mass is 10.3. The zero-order valence-corrected chi connectivity index (χ0v) is 8.15. The molecule has 1 atom stereocenters. The molecule has 0 aliphatic heterocycles. The van der Waals surface area contributed by atoms with E-state index < -0.39 is 18.2 Å². The van der Waals surface area contributed by atoms with Gasteiger partial charge in [0.2, 0.25) is 0 Å². The Hall–Kier alpha value is -1.79. The first-order chi connectivity index (χ1) is 7.30. The smallest absolute Gasteiger partial charge is 0.425 e. The number of carboxylic acids is 1. The van der Waals surface area contributed by atoms with Crippen molar-refractivity contribution < 1.29 is 27.8 Å². The number of carboxylic acid groups (broad SMARTS) is 1. The highest BCUT2D eigenvalue weighted by atomic mass is 19.4. The number of aromatic nitrogens is 1. The van der Waals surface area contributed by atoms with Crippen molar-refractivity contribution >= 4 is 5.97 Å². The van der Waals surface area contributed by atoms with Crippen LogP contribution in [0.4, 0.5) is 13.2 Å². The summed E-state index contributed by atoms with van der Waals surface area (Å²) >= 11 is 0. The van der Waals surface area contributed by atoms with Gasteiger partial charge in [-0.2, -0.15) is 13.2 Å². The fourth-order valence-electron chi connectivity index (χ4n) is 0.847. The van der Waals surface area contributed by atoms with E-state index in [4.69, 9.17) is 5.11 Å². The van der Waals surface area contributed by atoms with Gasteiger partial charge in [0.15, 0.2) is 6.10 Å². The van der Waals surface area contributed by atoms with Crippen LogP contribution in [0.3, 0.4) is 0 Å². The molecule has 1 N–H and O–H groups in total. The predicted octanol–water partition coefficient (Wildman–Crippen LogP) is 2.11. The first-order valence-corrected chi connectivity index (χ1v) is 4.23. The second-order valence-electron chi connectivity index (χ2n) is 2.99. The number of rotatable bonds is 3. The van der Waals surface area contributed by atoms with Gasteiger partial charge in [0.1, 0.15) is 11.4 Å². The van der Waals surface area contributed by atoms with Crippen LogP contribution in [0, 0.1) is 0 Å². The minimum absolute atomic E-state index is 0.130. The molecule has 1 aromatic rings. The molecule has 0 spiro atoms. The van der Waals surface area contributed by atoms with Crippen LogP contribution in [-0.4, -0.2) is 28.3 Å². The zero-order valence-electron chi connectivity index (χ0n) is 8.15. The molecule has 1 unspecified atom stereocenters. The van der Waals surface area contributed by atoms with Crippen molar-refractivity contribution in [1.29, 1.82) is 0 Å². The molecule has 0 fully saturated rings. The van der Waals surface area contributed by atoms with E-state index in [0.717, 1.165) is 25.3 Å². The molecule has 1 heterocycles. The minimum atomic E-state index is -4.47. The Morgan fingerprint density at radius 2 is 2.12 bits per heavy atom. The highest BCUT2D eigenvalue weighted by Gasteiger charge is 2.38. The second-order valence-corrected chi connectivity index (χ2v) is 2.99. The summed E-state index contributed by atoms with van der Waals surface area (Å²) < 4.78 is 40.8. The van der Waals surface area contributed by atoms with Crippen molar-refractivity contribution in [3.05, 3.63) is 24.0 Å². The number of ether oxygens (including phenoxy) is 1. The lowest BCUT2D eigenvalue weighted by Crippen LogP contribution is -2.31. The number of carbonyl (C=O) groups is 1. The monoisotopic (exact) mass is 235 g/mol. The molecule has 0 bridgehead atoms. The number of halogens is 3. The first kappa shape index (κ1) is 12.3. The lowest BCUT2D eigenvalue weighted by Gasteiger charge is -2.17. The highest BCUT2D eigenvalue weighted by molar-refractivity contribution is 5.85. The molecule has 16 heavy (non-hydrogen) atoms. The maximum Gasteiger partial charge on any atom is 0.425 e. The Labute approximate surface area is 88.7 Å². The summed E-state index contributed by atoms with van der Waals surface area (Å²) in [5, 5.41) is 8.50. The van der Waals surface area contributed by atoms with Crippen LogP contribution < -0.4 is 4.74 Å².